The summed E-state index contributed by atoms with van der Waals surface area (Å²) in [5.74, 6) is -0.481. The van der Waals surface area contributed by atoms with Crippen LogP contribution in [0, 0.1) is 19.8 Å². The highest BCUT2D eigenvalue weighted by Gasteiger charge is 2.17. The van der Waals surface area contributed by atoms with Gasteiger partial charge in [-0.2, -0.15) is 16.7 Å². The molecule has 0 fully saturated rings. The Bertz CT molecular complexity index is 525. The standard InChI is InChI=1S/C13H20N2O3S/c1-8(12(16)17)7-11-9(2)14-13(18)15(10(11)3)5-6-19-4/h8H,5-7H2,1-4H3,(H,16,17). The summed E-state index contributed by atoms with van der Waals surface area (Å²) in [6.07, 6.45) is 2.38. The second-order valence-corrected chi connectivity index (χ2v) is 5.62. The fourth-order valence-corrected chi connectivity index (χ4v) is 2.34. The first-order valence-electron chi connectivity index (χ1n) is 6.17. The molecular weight excluding hydrogens is 264 g/mol. The molecule has 1 rings (SSSR count). The summed E-state index contributed by atoms with van der Waals surface area (Å²) >= 11 is 1.66. The summed E-state index contributed by atoms with van der Waals surface area (Å²) in [6.45, 7) is 5.89. The Morgan fingerprint density at radius 1 is 1.47 bits per heavy atom. The number of aryl methyl sites for hydroxylation is 1. The number of carboxylic acid groups (broad SMARTS) is 1. The average molecular weight is 284 g/mol. The lowest BCUT2D eigenvalue weighted by Crippen LogP contribution is -2.29. The first-order chi connectivity index (χ1) is 8.88. The maximum absolute atomic E-state index is 11.9. The molecule has 1 aromatic rings. The van der Waals surface area contributed by atoms with E-state index in [9.17, 15) is 9.59 Å². The number of hydrogen-bond acceptors (Lipinski definition) is 4. The molecule has 0 bridgehead atoms. The largest absolute Gasteiger partial charge is 0.481 e. The molecule has 0 aliphatic carbocycles. The average Bonchev–Trinajstić information content (AvgIpc) is 2.33. The minimum atomic E-state index is -0.833. The number of rotatable bonds is 6. The van der Waals surface area contributed by atoms with Crippen molar-refractivity contribution in [3.8, 4) is 0 Å². The zero-order valence-electron chi connectivity index (χ0n) is 11.8. The Balaban J connectivity index is 3.17. The molecule has 5 nitrogen and oxygen atoms in total. The van der Waals surface area contributed by atoms with Gasteiger partial charge in [0.1, 0.15) is 0 Å². The van der Waals surface area contributed by atoms with Crippen LogP contribution in [0.2, 0.25) is 0 Å². The molecule has 106 valence electrons. The van der Waals surface area contributed by atoms with Gasteiger partial charge in [-0.3, -0.25) is 9.36 Å². The van der Waals surface area contributed by atoms with Gasteiger partial charge >= 0.3 is 11.7 Å². The molecule has 0 amide bonds. The van der Waals surface area contributed by atoms with E-state index in [4.69, 9.17) is 5.11 Å². The third kappa shape index (κ3) is 3.83. The van der Waals surface area contributed by atoms with Gasteiger partial charge in [-0.15, -0.1) is 0 Å². The molecule has 0 radical (unpaired) electrons. The third-order valence-electron chi connectivity index (χ3n) is 3.22. The number of nitrogens with zero attached hydrogens (tertiary/aromatic N) is 2. The molecule has 19 heavy (non-hydrogen) atoms. The fraction of sp³-hybridized carbons (Fsp3) is 0.615. The first kappa shape index (κ1) is 15.8. The van der Waals surface area contributed by atoms with E-state index >= 15 is 0 Å². The summed E-state index contributed by atoms with van der Waals surface area (Å²) in [6, 6.07) is 0. The maximum Gasteiger partial charge on any atom is 0.348 e. The molecule has 1 aromatic heterocycles. The van der Waals surface area contributed by atoms with Crippen molar-refractivity contribution >= 4 is 17.7 Å². The van der Waals surface area contributed by atoms with Crippen LogP contribution < -0.4 is 5.69 Å². The smallest absolute Gasteiger partial charge is 0.348 e. The SMILES string of the molecule is CSCCn1c(C)c(CC(C)C(=O)O)c(C)nc1=O. The monoisotopic (exact) mass is 284 g/mol. The first-order valence-corrected chi connectivity index (χ1v) is 7.56. The van der Waals surface area contributed by atoms with Crippen LogP contribution in [0.1, 0.15) is 23.9 Å². The summed E-state index contributed by atoms with van der Waals surface area (Å²) in [7, 11) is 0. The van der Waals surface area contributed by atoms with Crippen LogP contribution in [-0.4, -0.2) is 32.6 Å². The van der Waals surface area contributed by atoms with Gasteiger partial charge in [-0.1, -0.05) is 6.92 Å². The molecule has 0 aromatic carbocycles. The summed E-state index contributed by atoms with van der Waals surface area (Å²) in [5, 5.41) is 9.00. The lowest BCUT2D eigenvalue weighted by molar-refractivity contribution is -0.141. The normalized spacial score (nSPS) is 12.4. The van der Waals surface area contributed by atoms with Crippen LogP contribution in [-0.2, 0) is 17.8 Å². The maximum atomic E-state index is 11.9. The molecule has 1 atom stereocenters. The van der Waals surface area contributed by atoms with Crippen LogP contribution in [0.3, 0.4) is 0 Å². The van der Waals surface area contributed by atoms with Crippen molar-refractivity contribution in [2.45, 2.75) is 33.7 Å². The lowest BCUT2D eigenvalue weighted by atomic mass is 9.99. The lowest BCUT2D eigenvalue weighted by Gasteiger charge is -2.16. The van der Waals surface area contributed by atoms with Gasteiger partial charge < -0.3 is 5.11 Å². The van der Waals surface area contributed by atoms with Crippen LogP contribution in [0.25, 0.3) is 0 Å². The third-order valence-corrected chi connectivity index (χ3v) is 3.81. The van der Waals surface area contributed by atoms with E-state index in [1.165, 1.54) is 0 Å². The van der Waals surface area contributed by atoms with Crippen LogP contribution in [0.15, 0.2) is 4.79 Å². The number of carboxylic acids is 1. The molecule has 1 unspecified atom stereocenters. The van der Waals surface area contributed by atoms with Crippen molar-refractivity contribution in [3.05, 3.63) is 27.4 Å². The highest BCUT2D eigenvalue weighted by atomic mass is 32.2. The zero-order chi connectivity index (χ0) is 14.6. The molecule has 0 aliphatic rings. The van der Waals surface area contributed by atoms with Crippen molar-refractivity contribution in [1.82, 2.24) is 9.55 Å². The van der Waals surface area contributed by atoms with Crippen molar-refractivity contribution in [1.29, 1.82) is 0 Å². The molecular formula is C13H20N2O3S. The fourth-order valence-electron chi connectivity index (χ4n) is 1.97. The van der Waals surface area contributed by atoms with E-state index in [0.29, 0.717) is 18.7 Å². The number of aliphatic carboxylic acids is 1. The number of carbonyl (C=O) groups is 1. The number of thioether (sulfide) groups is 1. The Morgan fingerprint density at radius 3 is 2.63 bits per heavy atom. The minimum Gasteiger partial charge on any atom is -0.481 e. The van der Waals surface area contributed by atoms with Gasteiger partial charge in [0.15, 0.2) is 0 Å². The molecule has 6 heteroatoms. The van der Waals surface area contributed by atoms with Crippen molar-refractivity contribution in [2.75, 3.05) is 12.0 Å². The summed E-state index contributed by atoms with van der Waals surface area (Å²) in [5.41, 5.74) is 2.09. The van der Waals surface area contributed by atoms with Crippen LogP contribution >= 0.6 is 11.8 Å². The number of hydrogen-bond donors (Lipinski definition) is 1. The predicted octanol–water partition coefficient (Wildman–Crippen LogP) is 1.49. The molecule has 0 saturated heterocycles. The van der Waals surface area contributed by atoms with E-state index in [1.807, 2.05) is 13.2 Å². The van der Waals surface area contributed by atoms with Gasteiger partial charge in [-0.25, -0.2) is 4.79 Å². The number of aromatic nitrogens is 2. The second kappa shape index (κ2) is 6.75. The van der Waals surface area contributed by atoms with E-state index in [0.717, 1.165) is 17.0 Å². The highest BCUT2D eigenvalue weighted by molar-refractivity contribution is 7.98. The Hall–Kier alpha value is -1.30. The summed E-state index contributed by atoms with van der Waals surface area (Å²) < 4.78 is 1.63. The van der Waals surface area contributed by atoms with Gasteiger partial charge in [0.25, 0.3) is 0 Å². The van der Waals surface area contributed by atoms with Gasteiger partial charge in [0.2, 0.25) is 0 Å². The van der Waals surface area contributed by atoms with Crippen LogP contribution in [0.5, 0.6) is 0 Å². The zero-order valence-corrected chi connectivity index (χ0v) is 12.6. The second-order valence-electron chi connectivity index (χ2n) is 4.63. The van der Waals surface area contributed by atoms with E-state index in [2.05, 4.69) is 4.98 Å². The minimum absolute atomic E-state index is 0.254. The quantitative estimate of drug-likeness (QED) is 0.856. The van der Waals surface area contributed by atoms with E-state index in [1.54, 1.807) is 30.2 Å². The molecule has 1 N–H and O–H groups in total. The topological polar surface area (TPSA) is 72.2 Å². The highest BCUT2D eigenvalue weighted by Crippen LogP contribution is 2.15. The Labute approximate surface area is 117 Å². The van der Waals surface area contributed by atoms with Crippen molar-refractivity contribution in [2.24, 2.45) is 5.92 Å². The molecule has 0 aliphatic heterocycles. The van der Waals surface area contributed by atoms with Crippen LogP contribution in [0.4, 0.5) is 0 Å². The predicted molar refractivity (Wildman–Crippen MR) is 76.9 cm³/mol. The van der Waals surface area contributed by atoms with Gasteiger partial charge in [0, 0.05) is 23.7 Å². The Morgan fingerprint density at radius 2 is 2.11 bits per heavy atom. The molecule has 1 heterocycles. The van der Waals surface area contributed by atoms with Gasteiger partial charge in [-0.05, 0) is 32.1 Å². The van der Waals surface area contributed by atoms with E-state index < -0.39 is 11.9 Å². The molecule has 0 spiro atoms. The molecule has 0 saturated carbocycles. The van der Waals surface area contributed by atoms with Gasteiger partial charge in [0.05, 0.1) is 5.92 Å². The van der Waals surface area contributed by atoms with E-state index in [-0.39, 0.29) is 5.69 Å². The van der Waals surface area contributed by atoms with Crippen molar-refractivity contribution in [3.63, 3.8) is 0 Å². The Kier molecular flexibility index (Phi) is 5.60. The summed E-state index contributed by atoms with van der Waals surface area (Å²) in [4.78, 5) is 26.8. The van der Waals surface area contributed by atoms with Crippen molar-refractivity contribution < 1.29 is 9.90 Å².